The Morgan fingerprint density at radius 3 is 2.54 bits per heavy atom. The molecule has 0 saturated heterocycles. The summed E-state index contributed by atoms with van der Waals surface area (Å²) in [6.45, 7) is 3.73. The summed E-state index contributed by atoms with van der Waals surface area (Å²) >= 11 is 0. The second-order valence-electron chi connectivity index (χ2n) is 2.67. The fraction of sp³-hybridized carbons (Fsp3) is 0.875. The highest BCUT2D eigenvalue weighted by Gasteiger charge is 2.06. The van der Waals surface area contributed by atoms with Crippen molar-refractivity contribution in [1.82, 2.24) is 10.2 Å². The van der Waals surface area contributed by atoms with Crippen molar-refractivity contribution in [3.8, 4) is 0 Å². The first-order valence-corrected chi connectivity index (χ1v) is 4.45. The molecule has 0 saturated carbocycles. The van der Waals surface area contributed by atoms with Gasteiger partial charge in [0, 0.05) is 13.1 Å². The molecular weight excluding hydrogens is 172 g/mol. The maximum absolute atomic E-state index is 11.1. The van der Waals surface area contributed by atoms with Crippen molar-refractivity contribution in [2.45, 2.75) is 6.92 Å². The summed E-state index contributed by atoms with van der Waals surface area (Å²) < 4.78 is 0. The minimum Gasteiger partial charge on any atom is -0.395 e. The van der Waals surface area contributed by atoms with Crippen LogP contribution in [0.3, 0.4) is 0 Å². The number of nitrogens with one attached hydrogen (secondary N) is 1. The zero-order valence-corrected chi connectivity index (χ0v) is 7.99. The molecule has 0 aromatic carbocycles. The lowest BCUT2D eigenvalue weighted by Gasteiger charge is -2.17. The highest BCUT2D eigenvalue weighted by molar-refractivity contribution is 5.77. The molecule has 78 valence electrons. The van der Waals surface area contributed by atoms with Crippen LogP contribution in [0.15, 0.2) is 0 Å². The van der Waals surface area contributed by atoms with Crippen molar-refractivity contribution in [1.29, 1.82) is 0 Å². The topological polar surface area (TPSA) is 72.8 Å². The van der Waals surface area contributed by atoms with E-state index in [-0.39, 0.29) is 32.2 Å². The van der Waals surface area contributed by atoms with E-state index >= 15 is 0 Å². The van der Waals surface area contributed by atoms with Gasteiger partial charge in [0.15, 0.2) is 0 Å². The van der Waals surface area contributed by atoms with Crippen LogP contribution in [0.4, 0.5) is 0 Å². The number of carbonyl (C=O) groups is 1. The van der Waals surface area contributed by atoms with E-state index < -0.39 is 0 Å². The van der Waals surface area contributed by atoms with Gasteiger partial charge in [-0.25, -0.2) is 0 Å². The number of aliphatic hydroxyl groups excluding tert-OH is 2. The highest BCUT2D eigenvalue weighted by atomic mass is 16.3. The number of hydrogen-bond acceptors (Lipinski definition) is 4. The molecular formula is C8H18N2O3. The van der Waals surface area contributed by atoms with Crippen LogP contribution in [0.1, 0.15) is 6.92 Å². The first kappa shape index (κ1) is 12.3. The van der Waals surface area contributed by atoms with Crippen molar-refractivity contribution in [3.63, 3.8) is 0 Å². The first-order valence-electron chi connectivity index (χ1n) is 4.45. The summed E-state index contributed by atoms with van der Waals surface area (Å²) in [5, 5.41) is 19.6. The third kappa shape index (κ3) is 6.51. The van der Waals surface area contributed by atoms with Crippen LogP contribution in [0.5, 0.6) is 0 Å². The van der Waals surface area contributed by atoms with E-state index in [0.29, 0.717) is 6.54 Å². The summed E-state index contributed by atoms with van der Waals surface area (Å²) in [6.07, 6.45) is 0. The molecule has 1 amide bonds. The van der Waals surface area contributed by atoms with Gasteiger partial charge in [-0.3, -0.25) is 9.69 Å². The van der Waals surface area contributed by atoms with E-state index in [4.69, 9.17) is 10.2 Å². The van der Waals surface area contributed by atoms with Gasteiger partial charge < -0.3 is 15.5 Å². The molecule has 0 aliphatic heterocycles. The van der Waals surface area contributed by atoms with E-state index in [1.54, 1.807) is 0 Å². The first-order chi connectivity index (χ1) is 6.24. The van der Waals surface area contributed by atoms with Crippen LogP contribution in [-0.4, -0.2) is 60.4 Å². The van der Waals surface area contributed by atoms with E-state index in [1.165, 1.54) is 0 Å². The van der Waals surface area contributed by atoms with Crippen LogP contribution < -0.4 is 5.32 Å². The van der Waals surface area contributed by atoms with Gasteiger partial charge >= 0.3 is 0 Å². The molecule has 13 heavy (non-hydrogen) atoms. The largest absolute Gasteiger partial charge is 0.395 e. The van der Waals surface area contributed by atoms with Gasteiger partial charge in [-0.1, -0.05) is 6.92 Å². The molecule has 0 spiro atoms. The highest BCUT2D eigenvalue weighted by Crippen LogP contribution is 1.85. The standard InChI is InChI=1S/C8H18N2O3/c1-2-10(4-6-12)7-8(13)9-3-5-11/h11-12H,2-7H2,1H3,(H,9,13). The number of nitrogens with zero attached hydrogens (tertiary/aromatic N) is 1. The van der Waals surface area contributed by atoms with Gasteiger partial charge in [-0.15, -0.1) is 0 Å². The minimum atomic E-state index is -0.121. The van der Waals surface area contributed by atoms with Crippen molar-refractivity contribution in [3.05, 3.63) is 0 Å². The molecule has 0 atom stereocenters. The van der Waals surface area contributed by atoms with Crippen LogP contribution >= 0.6 is 0 Å². The summed E-state index contributed by atoms with van der Waals surface area (Å²) in [7, 11) is 0. The Labute approximate surface area is 78.4 Å². The number of rotatable bonds is 7. The summed E-state index contributed by atoms with van der Waals surface area (Å²) in [4.78, 5) is 12.9. The predicted octanol–water partition coefficient (Wildman–Crippen LogP) is -1.59. The van der Waals surface area contributed by atoms with Gasteiger partial charge in [-0.2, -0.15) is 0 Å². The molecule has 5 nitrogen and oxygen atoms in total. The maximum Gasteiger partial charge on any atom is 0.234 e. The lowest BCUT2D eigenvalue weighted by molar-refractivity contribution is -0.122. The lowest BCUT2D eigenvalue weighted by Crippen LogP contribution is -2.39. The Morgan fingerprint density at radius 2 is 2.08 bits per heavy atom. The van der Waals surface area contributed by atoms with Crippen molar-refractivity contribution < 1.29 is 15.0 Å². The van der Waals surface area contributed by atoms with Crippen LogP contribution in [0, 0.1) is 0 Å². The normalized spacial score (nSPS) is 10.5. The predicted molar refractivity (Wildman–Crippen MR) is 49.3 cm³/mol. The smallest absolute Gasteiger partial charge is 0.234 e. The Bertz CT molecular complexity index is 141. The molecule has 0 fully saturated rings. The zero-order chi connectivity index (χ0) is 10.1. The summed E-state index contributed by atoms with van der Waals surface area (Å²) in [5.74, 6) is -0.121. The number of amides is 1. The number of hydrogen-bond donors (Lipinski definition) is 3. The van der Waals surface area contributed by atoms with Gasteiger partial charge in [0.05, 0.1) is 19.8 Å². The Hall–Kier alpha value is -0.650. The molecule has 0 radical (unpaired) electrons. The monoisotopic (exact) mass is 190 g/mol. The molecule has 0 aliphatic rings. The Kier molecular flexibility index (Phi) is 7.57. The second-order valence-corrected chi connectivity index (χ2v) is 2.67. The third-order valence-corrected chi connectivity index (χ3v) is 1.66. The molecule has 0 aromatic rings. The second kappa shape index (κ2) is 7.97. The van der Waals surface area contributed by atoms with Crippen LogP contribution in [0.2, 0.25) is 0 Å². The molecule has 5 heteroatoms. The van der Waals surface area contributed by atoms with Gasteiger partial charge in [0.25, 0.3) is 0 Å². The molecule has 0 aromatic heterocycles. The Balaban J connectivity index is 3.60. The summed E-state index contributed by atoms with van der Waals surface area (Å²) in [6, 6.07) is 0. The van der Waals surface area contributed by atoms with Gasteiger partial charge in [-0.05, 0) is 6.54 Å². The average Bonchev–Trinajstić information content (AvgIpc) is 2.14. The Morgan fingerprint density at radius 1 is 1.38 bits per heavy atom. The fourth-order valence-electron chi connectivity index (χ4n) is 0.945. The molecule has 0 aliphatic carbocycles. The van der Waals surface area contributed by atoms with Gasteiger partial charge in [0.2, 0.25) is 5.91 Å². The van der Waals surface area contributed by atoms with E-state index in [2.05, 4.69) is 5.32 Å². The van der Waals surface area contributed by atoms with Crippen molar-refractivity contribution >= 4 is 5.91 Å². The molecule has 0 bridgehead atoms. The van der Waals surface area contributed by atoms with Crippen molar-refractivity contribution in [2.75, 3.05) is 39.4 Å². The van der Waals surface area contributed by atoms with Crippen LogP contribution in [0.25, 0.3) is 0 Å². The van der Waals surface area contributed by atoms with Crippen molar-refractivity contribution in [2.24, 2.45) is 0 Å². The number of carbonyl (C=O) groups excluding carboxylic acids is 1. The number of aliphatic hydroxyl groups is 2. The van der Waals surface area contributed by atoms with Crippen LogP contribution in [-0.2, 0) is 4.79 Å². The molecule has 3 N–H and O–H groups in total. The SMILES string of the molecule is CCN(CCO)CC(=O)NCCO. The molecule has 0 heterocycles. The van der Waals surface area contributed by atoms with Gasteiger partial charge in [0.1, 0.15) is 0 Å². The summed E-state index contributed by atoms with van der Waals surface area (Å²) in [5.41, 5.74) is 0. The maximum atomic E-state index is 11.1. The molecule has 0 unspecified atom stereocenters. The zero-order valence-electron chi connectivity index (χ0n) is 7.99. The quantitative estimate of drug-likeness (QED) is 0.452. The molecule has 0 rings (SSSR count). The van der Waals surface area contributed by atoms with E-state index in [1.807, 2.05) is 11.8 Å². The average molecular weight is 190 g/mol. The lowest BCUT2D eigenvalue weighted by atomic mass is 10.4. The minimum absolute atomic E-state index is 0.0438. The van der Waals surface area contributed by atoms with E-state index in [9.17, 15) is 4.79 Å². The third-order valence-electron chi connectivity index (χ3n) is 1.66. The van der Waals surface area contributed by atoms with E-state index in [0.717, 1.165) is 6.54 Å². The number of likely N-dealkylation sites (N-methyl/N-ethyl adjacent to an activating group) is 1. The fourth-order valence-corrected chi connectivity index (χ4v) is 0.945.